The standard InChI is InChI=1S/C25H21ClFN3O/c26-17-6-3-5-16(13-17)14-19-7-4-12-30(19)25-21-15-18(27)10-11-22(21)28-24(29-25)20-8-1-2-9-23(20)31/h1-3,5-6,8-11,13,15,19,31H,4,7,12,14H2. The van der Waals surface area contributed by atoms with Crippen LogP contribution < -0.4 is 4.90 Å². The van der Waals surface area contributed by atoms with Gasteiger partial charge in [-0.25, -0.2) is 14.4 Å². The Kier molecular flexibility index (Phi) is 5.20. The number of phenols is 1. The van der Waals surface area contributed by atoms with E-state index in [1.54, 1.807) is 24.3 Å². The van der Waals surface area contributed by atoms with Crippen molar-refractivity contribution < 1.29 is 9.50 Å². The Morgan fingerprint density at radius 2 is 1.90 bits per heavy atom. The third kappa shape index (κ3) is 3.93. The van der Waals surface area contributed by atoms with Crippen LogP contribution in [0.25, 0.3) is 22.3 Å². The van der Waals surface area contributed by atoms with Crippen molar-refractivity contribution in [3.8, 4) is 17.1 Å². The number of hydrogen-bond donors (Lipinski definition) is 1. The number of anilines is 1. The molecule has 1 aromatic heterocycles. The van der Waals surface area contributed by atoms with E-state index < -0.39 is 0 Å². The topological polar surface area (TPSA) is 49.3 Å². The summed E-state index contributed by atoms with van der Waals surface area (Å²) in [6.07, 6.45) is 2.87. The number of nitrogens with zero attached hydrogens (tertiary/aromatic N) is 3. The summed E-state index contributed by atoms with van der Waals surface area (Å²) in [6, 6.07) is 19.7. The maximum Gasteiger partial charge on any atom is 0.165 e. The Balaban J connectivity index is 1.62. The fourth-order valence-electron chi connectivity index (χ4n) is 4.35. The number of aromatic hydroxyl groups is 1. The highest BCUT2D eigenvalue weighted by atomic mass is 35.5. The zero-order chi connectivity index (χ0) is 21.4. The molecule has 4 nitrogen and oxygen atoms in total. The molecule has 6 heteroatoms. The van der Waals surface area contributed by atoms with Gasteiger partial charge >= 0.3 is 0 Å². The van der Waals surface area contributed by atoms with Crippen molar-refractivity contribution in [1.82, 2.24) is 9.97 Å². The Morgan fingerprint density at radius 3 is 2.74 bits per heavy atom. The first-order chi connectivity index (χ1) is 15.1. The molecule has 0 aliphatic carbocycles. The quantitative estimate of drug-likeness (QED) is 0.428. The average molecular weight is 434 g/mol. The second-order valence-corrected chi connectivity index (χ2v) is 8.31. The number of aromatic nitrogens is 2. The zero-order valence-electron chi connectivity index (χ0n) is 16.8. The summed E-state index contributed by atoms with van der Waals surface area (Å²) in [7, 11) is 0. The van der Waals surface area contributed by atoms with Crippen molar-refractivity contribution in [2.75, 3.05) is 11.4 Å². The summed E-state index contributed by atoms with van der Waals surface area (Å²) >= 11 is 6.18. The lowest BCUT2D eigenvalue weighted by Crippen LogP contribution is -2.32. The molecule has 1 aliphatic rings. The molecule has 2 heterocycles. The van der Waals surface area contributed by atoms with Crippen molar-refractivity contribution in [3.05, 3.63) is 83.1 Å². The van der Waals surface area contributed by atoms with Crippen molar-refractivity contribution in [2.45, 2.75) is 25.3 Å². The van der Waals surface area contributed by atoms with Crippen LogP contribution in [0.3, 0.4) is 0 Å². The van der Waals surface area contributed by atoms with Crippen molar-refractivity contribution in [2.24, 2.45) is 0 Å². The van der Waals surface area contributed by atoms with Crippen LogP contribution in [0.2, 0.25) is 5.02 Å². The fourth-order valence-corrected chi connectivity index (χ4v) is 4.56. The number of fused-ring (bicyclic) bond motifs is 1. The molecule has 5 rings (SSSR count). The van der Waals surface area contributed by atoms with E-state index >= 15 is 0 Å². The van der Waals surface area contributed by atoms with Crippen LogP contribution in [-0.4, -0.2) is 27.7 Å². The summed E-state index contributed by atoms with van der Waals surface area (Å²) in [6.45, 7) is 0.827. The molecule has 1 N–H and O–H groups in total. The highest BCUT2D eigenvalue weighted by molar-refractivity contribution is 6.30. The van der Waals surface area contributed by atoms with E-state index in [4.69, 9.17) is 16.6 Å². The fraction of sp³-hybridized carbons (Fsp3) is 0.200. The molecule has 31 heavy (non-hydrogen) atoms. The van der Waals surface area contributed by atoms with Gasteiger partial charge in [-0.15, -0.1) is 0 Å². The molecule has 1 saturated heterocycles. The first-order valence-corrected chi connectivity index (χ1v) is 10.7. The summed E-state index contributed by atoms with van der Waals surface area (Å²) in [4.78, 5) is 11.7. The number of benzene rings is 3. The van der Waals surface area contributed by atoms with Gasteiger partial charge in [-0.2, -0.15) is 0 Å². The zero-order valence-corrected chi connectivity index (χ0v) is 17.6. The maximum atomic E-state index is 14.2. The molecule has 1 aliphatic heterocycles. The van der Waals surface area contributed by atoms with Gasteiger partial charge in [0.2, 0.25) is 0 Å². The van der Waals surface area contributed by atoms with Gasteiger partial charge in [0.25, 0.3) is 0 Å². The molecule has 1 unspecified atom stereocenters. The molecule has 0 radical (unpaired) electrons. The molecule has 0 amide bonds. The van der Waals surface area contributed by atoms with Gasteiger partial charge in [0, 0.05) is 23.0 Å². The Morgan fingerprint density at radius 1 is 1.03 bits per heavy atom. The molecular formula is C25H21ClFN3O. The first kappa shape index (κ1) is 19.8. The molecule has 156 valence electrons. The van der Waals surface area contributed by atoms with Crippen LogP contribution in [0.1, 0.15) is 18.4 Å². The summed E-state index contributed by atoms with van der Waals surface area (Å²) in [5.74, 6) is 0.929. The molecule has 1 atom stereocenters. The summed E-state index contributed by atoms with van der Waals surface area (Å²) in [5, 5.41) is 11.7. The third-order valence-electron chi connectivity index (χ3n) is 5.79. The first-order valence-electron chi connectivity index (χ1n) is 10.4. The Labute approximate surface area is 185 Å². The summed E-state index contributed by atoms with van der Waals surface area (Å²) < 4.78 is 14.2. The van der Waals surface area contributed by atoms with E-state index in [0.29, 0.717) is 28.1 Å². The van der Waals surface area contributed by atoms with E-state index in [2.05, 4.69) is 16.0 Å². The van der Waals surface area contributed by atoms with E-state index in [0.717, 1.165) is 36.4 Å². The minimum Gasteiger partial charge on any atom is -0.507 e. The maximum absolute atomic E-state index is 14.2. The van der Waals surface area contributed by atoms with Gasteiger partial charge in [0.15, 0.2) is 5.82 Å². The number of hydrogen-bond acceptors (Lipinski definition) is 4. The number of halogens is 2. The van der Waals surface area contributed by atoms with Gasteiger partial charge < -0.3 is 10.0 Å². The molecule has 4 aromatic rings. The van der Waals surface area contributed by atoms with Crippen molar-refractivity contribution in [1.29, 1.82) is 0 Å². The third-order valence-corrected chi connectivity index (χ3v) is 6.03. The predicted molar refractivity (Wildman–Crippen MR) is 122 cm³/mol. The molecule has 0 saturated carbocycles. The highest BCUT2D eigenvalue weighted by Gasteiger charge is 2.28. The van der Waals surface area contributed by atoms with E-state index in [1.165, 1.54) is 12.1 Å². The highest BCUT2D eigenvalue weighted by Crippen LogP contribution is 2.35. The van der Waals surface area contributed by atoms with Crippen LogP contribution in [-0.2, 0) is 6.42 Å². The number of para-hydroxylation sites is 1. The van der Waals surface area contributed by atoms with Crippen LogP contribution in [0, 0.1) is 5.82 Å². The SMILES string of the molecule is Oc1ccccc1-c1nc(N2CCCC2Cc2cccc(Cl)c2)c2cc(F)ccc2n1. The van der Waals surface area contributed by atoms with Gasteiger partial charge in [-0.1, -0.05) is 35.9 Å². The van der Waals surface area contributed by atoms with Gasteiger partial charge in [-0.05, 0) is 67.3 Å². The normalized spacial score (nSPS) is 16.2. The molecule has 1 fully saturated rings. The number of phenolic OH excluding ortho intramolecular Hbond substituents is 1. The second-order valence-electron chi connectivity index (χ2n) is 7.87. The lowest BCUT2D eigenvalue weighted by molar-refractivity contribution is 0.477. The molecule has 0 bridgehead atoms. The van der Waals surface area contributed by atoms with Gasteiger partial charge in [0.1, 0.15) is 17.4 Å². The average Bonchev–Trinajstić information content (AvgIpc) is 3.21. The van der Waals surface area contributed by atoms with Gasteiger partial charge in [-0.3, -0.25) is 0 Å². The van der Waals surface area contributed by atoms with E-state index in [9.17, 15) is 9.50 Å². The molecule has 3 aromatic carbocycles. The largest absolute Gasteiger partial charge is 0.507 e. The lowest BCUT2D eigenvalue weighted by Gasteiger charge is -2.27. The molecular weight excluding hydrogens is 413 g/mol. The van der Waals surface area contributed by atoms with E-state index in [1.807, 2.05) is 24.3 Å². The predicted octanol–water partition coefficient (Wildman–Crippen LogP) is 6.01. The van der Waals surface area contributed by atoms with E-state index in [-0.39, 0.29) is 17.6 Å². The minimum absolute atomic E-state index is 0.117. The minimum atomic E-state index is -0.321. The lowest BCUT2D eigenvalue weighted by atomic mass is 10.0. The Bertz CT molecular complexity index is 1260. The smallest absolute Gasteiger partial charge is 0.165 e. The molecule has 0 spiro atoms. The van der Waals surface area contributed by atoms with Crippen LogP contribution in [0.15, 0.2) is 66.7 Å². The summed E-state index contributed by atoms with van der Waals surface area (Å²) in [5.41, 5.74) is 2.37. The van der Waals surface area contributed by atoms with Crippen molar-refractivity contribution >= 4 is 28.3 Å². The Hall–Kier alpha value is -3.18. The van der Waals surface area contributed by atoms with Crippen LogP contribution in [0.4, 0.5) is 10.2 Å². The van der Waals surface area contributed by atoms with Gasteiger partial charge in [0.05, 0.1) is 11.1 Å². The number of rotatable bonds is 4. The van der Waals surface area contributed by atoms with Crippen molar-refractivity contribution in [3.63, 3.8) is 0 Å². The van der Waals surface area contributed by atoms with Crippen LogP contribution >= 0.6 is 11.6 Å². The monoisotopic (exact) mass is 433 g/mol. The second kappa shape index (κ2) is 8.16. The van der Waals surface area contributed by atoms with Crippen LogP contribution in [0.5, 0.6) is 5.75 Å².